The molecule has 0 aliphatic carbocycles. The van der Waals surface area contributed by atoms with Gasteiger partial charge in [0.25, 0.3) is 0 Å². The molecule has 1 aliphatic rings. The molecule has 23 heavy (non-hydrogen) atoms. The quantitative estimate of drug-likeness (QED) is 0.943. The van der Waals surface area contributed by atoms with E-state index >= 15 is 0 Å². The van der Waals surface area contributed by atoms with Crippen LogP contribution < -0.4 is 5.32 Å². The van der Waals surface area contributed by atoms with Crippen molar-refractivity contribution in [2.75, 3.05) is 11.9 Å². The van der Waals surface area contributed by atoms with Gasteiger partial charge in [-0.3, -0.25) is 14.7 Å². The van der Waals surface area contributed by atoms with Crippen LogP contribution in [-0.4, -0.2) is 28.4 Å². The van der Waals surface area contributed by atoms with E-state index in [2.05, 4.69) is 15.2 Å². The van der Waals surface area contributed by atoms with Crippen LogP contribution in [0.15, 0.2) is 42.7 Å². The number of benzene rings is 1. The molecule has 1 fully saturated rings. The predicted octanol–water partition coefficient (Wildman–Crippen LogP) is 3.13. The minimum Gasteiger partial charge on any atom is -0.324 e. The zero-order valence-electron chi connectivity index (χ0n) is 13.1. The summed E-state index contributed by atoms with van der Waals surface area (Å²) in [4.78, 5) is 18.8. The Kier molecular flexibility index (Phi) is 4.67. The normalized spacial score (nSPS) is 18.1. The highest BCUT2D eigenvalue weighted by molar-refractivity contribution is 5.95. The number of hydrogen-bond donors (Lipinski definition) is 1. The number of carbonyl (C=O) groups is 1. The van der Waals surface area contributed by atoms with Crippen molar-refractivity contribution in [1.29, 1.82) is 0 Å². The van der Waals surface area contributed by atoms with E-state index in [9.17, 15) is 9.18 Å². The van der Waals surface area contributed by atoms with E-state index in [1.165, 1.54) is 12.1 Å². The number of rotatable bonds is 4. The number of hydrogen-bond acceptors (Lipinski definition) is 3. The van der Waals surface area contributed by atoms with Gasteiger partial charge in [0, 0.05) is 24.6 Å². The number of anilines is 1. The van der Waals surface area contributed by atoms with Crippen molar-refractivity contribution in [3.8, 4) is 0 Å². The third kappa shape index (κ3) is 3.74. The molecule has 0 spiro atoms. The molecule has 1 aromatic heterocycles. The second-order valence-corrected chi connectivity index (χ2v) is 5.93. The van der Waals surface area contributed by atoms with E-state index in [0.717, 1.165) is 36.2 Å². The molecule has 0 saturated carbocycles. The summed E-state index contributed by atoms with van der Waals surface area (Å²) in [5.41, 5.74) is 2.77. The Labute approximate surface area is 135 Å². The number of likely N-dealkylation sites (tertiary alicyclic amines) is 1. The lowest BCUT2D eigenvalue weighted by Gasteiger charge is -2.24. The molecule has 0 bridgehead atoms. The van der Waals surface area contributed by atoms with E-state index in [4.69, 9.17) is 0 Å². The van der Waals surface area contributed by atoms with Gasteiger partial charge in [-0.05, 0) is 55.6 Å². The number of amides is 1. The van der Waals surface area contributed by atoms with Gasteiger partial charge in [0.2, 0.25) is 5.91 Å². The van der Waals surface area contributed by atoms with Crippen LogP contribution >= 0.6 is 0 Å². The highest BCUT2D eigenvalue weighted by atomic mass is 19.1. The summed E-state index contributed by atoms with van der Waals surface area (Å²) in [6.45, 7) is 3.46. The van der Waals surface area contributed by atoms with E-state index in [1.807, 2.05) is 13.0 Å². The second-order valence-electron chi connectivity index (χ2n) is 5.93. The fourth-order valence-electron chi connectivity index (χ4n) is 2.97. The Morgan fingerprint density at radius 2 is 2.13 bits per heavy atom. The number of pyridine rings is 1. The zero-order valence-corrected chi connectivity index (χ0v) is 13.1. The minimum atomic E-state index is -0.238. The Bertz CT molecular complexity index is 687. The van der Waals surface area contributed by atoms with Gasteiger partial charge < -0.3 is 5.32 Å². The number of carbonyl (C=O) groups excluding carboxylic acids is 1. The van der Waals surface area contributed by atoms with Crippen LogP contribution in [0.4, 0.5) is 10.1 Å². The highest BCUT2D eigenvalue weighted by Crippen LogP contribution is 2.22. The van der Waals surface area contributed by atoms with Gasteiger partial charge in [-0.1, -0.05) is 12.1 Å². The topological polar surface area (TPSA) is 45.2 Å². The van der Waals surface area contributed by atoms with E-state index < -0.39 is 0 Å². The summed E-state index contributed by atoms with van der Waals surface area (Å²) in [7, 11) is 0. The SMILES string of the molecule is Cc1cnccc1NC(=O)C1CCCN1Cc1ccc(F)cc1. The van der Waals surface area contributed by atoms with Gasteiger partial charge >= 0.3 is 0 Å². The molecule has 4 nitrogen and oxygen atoms in total. The van der Waals surface area contributed by atoms with Crippen LogP contribution in [-0.2, 0) is 11.3 Å². The van der Waals surface area contributed by atoms with Crippen LogP contribution in [0.3, 0.4) is 0 Å². The molecule has 1 amide bonds. The molecule has 1 aromatic carbocycles. The predicted molar refractivity (Wildman–Crippen MR) is 87.4 cm³/mol. The third-order valence-corrected chi connectivity index (χ3v) is 4.24. The van der Waals surface area contributed by atoms with Crippen molar-refractivity contribution in [2.45, 2.75) is 32.4 Å². The van der Waals surface area contributed by atoms with Crippen molar-refractivity contribution in [2.24, 2.45) is 0 Å². The lowest BCUT2D eigenvalue weighted by molar-refractivity contribution is -0.120. The Hall–Kier alpha value is -2.27. The number of nitrogens with one attached hydrogen (secondary N) is 1. The summed E-state index contributed by atoms with van der Waals surface area (Å²) in [5, 5.41) is 3.00. The van der Waals surface area contributed by atoms with Gasteiger partial charge in [-0.25, -0.2) is 4.39 Å². The molecule has 120 valence electrons. The summed E-state index contributed by atoms with van der Waals surface area (Å²) in [6, 6.07) is 8.13. The lowest BCUT2D eigenvalue weighted by atomic mass is 10.1. The molecule has 2 heterocycles. The number of halogens is 1. The van der Waals surface area contributed by atoms with Crippen molar-refractivity contribution in [3.05, 3.63) is 59.7 Å². The Balaban J connectivity index is 1.67. The van der Waals surface area contributed by atoms with Crippen molar-refractivity contribution in [1.82, 2.24) is 9.88 Å². The highest BCUT2D eigenvalue weighted by Gasteiger charge is 2.30. The molecule has 1 aliphatic heterocycles. The smallest absolute Gasteiger partial charge is 0.241 e. The van der Waals surface area contributed by atoms with Crippen molar-refractivity contribution < 1.29 is 9.18 Å². The molecule has 1 atom stereocenters. The summed E-state index contributed by atoms with van der Waals surface area (Å²) < 4.78 is 13.0. The largest absolute Gasteiger partial charge is 0.324 e. The van der Waals surface area contributed by atoms with Crippen LogP contribution in [0.1, 0.15) is 24.0 Å². The third-order valence-electron chi connectivity index (χ3n) is 4.24. The van der Waals surface area contributed by atoms with Crippen molar-refractivity contribution >= 4 is 11.6 Å². The van der Waals surface area contributed by atoms with Gasteiger partial charge in [0.15, 0.2) is 0 Å². The first kappa shape index (κ1) is 15.6. The Morgan fingerprint density at radius 3 is 2.87 bits per heavy atom. The molecular formula is C18H20FN3O. The maximum Gasteiger partial charge on any atom is 0.241 e. The molecular weight excluding hydrogens is 293 g/mol. The summed E-state index contributed by atoms with van der Waals surface area (Å²) >= 11 is 0. The lowest BCUT2D eigenvalue weighted by Crippen LogP contribution is -2.39. The minimum absolute atomic E-state index is 0.0129. The van der Waals surface area contributed by atoms with Gasteiger partial charge in [-0.2, -0.15) is 0 Å². The number of aryl methyl sites for hydroxylation is 1. The molecule has 2 aromatic rings. The maximum atomic E-state index is 13.0. The second kappa shape index (κ2) is 6.87. The zero-order chi connectivity index (χ0) is 16.2. The average molecular weight is 313 g/mol. The fourth-order valence-corrected chi connectivity index (χ4v) is 2.97. The molecule has 1 saturated heterocycles. The molecule has 5 heteroatoms. The summed E-state index contributed by atoms with van der Waals surface area (Å²) in [5.74, 6) is -0.225. The first-order chi connectivity index (χ1) is 11.1. The van der Waals surface area contributed by atoms with Gasteiger partial charge in [0.1, 0.15) is 5.82 Å². The van der Waals surface area contributed by atoms with Crippen LogP contribution in [0.5, 0.6) is 0 Å². The molecule has 3 rings (SSSR count). The number of nitrogens with zero attached hydrogens (tertiary/aromatic N) is 2. The average Bonchev–Trinajstić information content (AvgIpc) is 3.00. The van der Waals surface area contributed by atoms with Crippen molar-refractivity contribution in [3.63, 3.8) is 0 Å². The van der Waals surface area contributed by atoms with E-state index in [1.54, 1.807) is 24.5 Å². The maximum absolute atomic E-state index is 13.0. The molecule has 0 radical (unpaired) electrons. The molecule has 1 unspecified atom stereocenters. The van der Waals surface area contributed by atoms with E-state index in [0.29, 0.717) is 6.54 Å². The van der Waals surface area contributed by atoms with E-state index in [-0.39, 0.29) is 17.8 Å². The van der Waals surface area contributed by atoms with Crippen LogP contribution in [0.2, 0.25) is 0 Å². The Morgan fingerprint density at radius 1 is 1.35 bits per heavy atom. The fraction of sp³-hybridized carbons (Fsp3) is 0.333. The first-order valence-electron chi connectivity index (χ1n) is 7.83. The first-order valence-corrected chi connectivity index (χ1v) is 7.83. The molecule has 1 N–H and O–H groups in total. The van der Waals surface area contributed by atoms with Crippen LogP contribution in [0, 0.1) is 12.7 Å². The van der Waals surface area contributed by atoms with Crippen LogP contribution in [0.25, 0.3) is 0 Å². The van der Waals surface area contributed by atoms with Gasteiger partial charge in [-0.15, -0.1) is 0 Å². The monoisotopic (exact) mass is 313 g/mol. The van der Waals surface area contributed by atoms with Gasteiger partial charge in [0.05, 0.1) is 6.04 Å². The summed E-state index contributed by atoms with van der Waals surface area (Å²) in [6.07, 6.45) is 5.25. The number of aromatic nitrogens is 1. The standard InChI is InChI=1S/C18H20FN3O/c1-13-11-20-9-8-16(13)21-18(23)17-3-2-10-22(17)12-14-4-6-15(19)7-5-14/h4-9,11,17H,2-3,10,12H2,1H3,(H,20,21,23).